The molecule has 0 fully saturated rings. The molecular weight excluding hydrogens is 224 g/mol. The number of thiophene rings is 1. The van der Waals surface area contributed by atoms with E-state index < -0.39 is 4.92 Å². The van der Waals surface area contributed by atoms with Crippen molar-refractivity contribution < 1.29 is 4.92 Å². The Kier molecular flexibility index (Phi) is 2.05. The van der Waals surface area contributed by atoms with Gasteiger partial charge >= 0.3 is 5.00 Å². The molecule has 0 amide bonds. The van der Waals surface area contributed by atoms with Crippen LogP contribution >= 0.6 is 22.9 Å². The molecule has 0 bridgehead atoms. The highest BCUT2D eigenvalue weighted by molar-refractivity contribution is 7.23. The highest BCUT2D eigenvalue weighted by Gasteiger charge is 2.20. The molecule has 0 unspecified atom stereocenters. The van der Waals surface area contributed by atoms with E-state index in [0.29, 0.717) is 15.8 Å². The number of halogens is 1. The number of nitrogens with zero attached hydrogens (tertiary/aromatic N) is 1. The summed E-state index contributed by atoms with van der Waals surface area (Å²) in [6.45, 7) is 0. The van der Waals surface area contributed by atoms with E-state index >= 15 is 0 Å². The van der Waals surface area contributed by atoms with Crippen LogP contribution in [0.25, 0.3) is 10.1 Å². The summed E-state index contributed by atoms with van der Waals surface area (Å²) in [5.41, 5.74) is 6.18. The highest BCUT2D eigenvalue weighted by atomic mass is 35.5. The molecule has 0 aliphatic carbocycles. The number of hydrogen-bond donors (Lipinski definition) is 1. The number of nitrogen functional groups attached to an aromatic ring is 1. The molecule has 0 atom stereocenters. The normalized spacial score (nSPS) is 10.6. The van der Waals surface area contributed by atoms with Crippen LogP contribution in [-0.4, -0.2) is 4.92 Å². The lowest BCUT2D eigenvalue weighted by atomic mass is 10.2. The van der Waals surface area contributed by atoms with Crippen LogP contribution in [0.5, 0.6) is 0 Å². The Morgan fingerprint density at radius 3 is 2.79 bits per heavy atom. The smallest absolute Gasteiger partial charge is 0.343 e. The van der Waals surface area contributed by atoms with E-state index in [0.717, 1.165) is 11.3 Å². The summed E-state index contributed by atoms with van der Waals surface area (Å²) >= 11 is 6.84. The van der Waals surface area contributed by atoms with Crippen molar-refractivity contribution in [1.29, 1.82) is 0 Å². The second-order valence-electron chi connectivity index (χ2n) is 2.70. The summed E-state index contributed by atoms with van der Waals surface area (Å²) in [5.74, 6) is 0. The van der Waals surface area contributed by atoms with Crippen molar-refractivity contribution in [3.05, 3.63) is 33.3 Å². The summed E-state index contributed by atoms with van der Waals surface area (Å²) in [7, 11) is 0. The van der Waals surface area contributed by atoms with Gasteiger partial charge in [-0.2, -0.15) is 0 Å². The van der Waals surface area contributed by atoms with E-state index in [9.17, 15) is 10.1 Å². The molecule has 0 saturated heterocycles. The minimum Gasteiger partial charge on any atom is -0.398 e. The molecule has 1 heterocycles. The van der Waals surface area contributed by atoms with Gasteiger partial charge < -0.3 is 5.73 Å². The summed E-state index contributed by atoms with van der Waals surface area (Å²) in [6, 6.07) is 5.14. The van der Waals surface area contributed by atoms with Crippen LogP contribution in [0.1, 0.15) is 0 Å². The zero-order valence-electron chi connectivity index (χ0n) is 6.86. The molecule has 4 nitrogen and oxygen atoms in total. The zero-order chi connectivity index (χ0) is 10.3. The molecule has 2 aromatic rings. The molecule has 2 N–H and O–H groups in total. The average Bonchev–Trinajstić information content (AvgIpc) is 2.46. The summed E-state index contributed by atoms with van der Waals surface area (Å²) in [6.07, 6.45) is 0. The Balaban J connectivity index is 2.86. The van der Waals surface area contributed by atoms with Gasteiger partial charge in [-0.1, -0.05) is 35.1 Å². The lowest BCUT2D eigenvalue weighted by molar-refractivity contribution is -0.379. The molecule has 1 aromatic carbocycles. The van der Waals surface area contributed by atoms with E-state index in [2.05, 4.69) is 0 Å². The van der Waals surface area contributed by atoms with Crippen LogP contribution in [0.15, 0.2) is 18.2 Å². The maximum atomic E-state index is 10.6. The van der Waals surface area contributed by atoms with Crippen LogP contribution in [0.2, 0.25) is 5.02 Å². The largest absolute Gasteiger partial charge is 0.398 e. The number of rotatable bonds is 1. The fourth-order valence-electron chi connectivity index (χ4n) is 1.22. The summed E-state index contributed by atoms with van der Waals surface area (Å²) < 4.78 is 0.671. The number of fused-ring (bicyclic) bond motifs is 1. The number of benzene rings is 1. The van der Waals surface area contributed by atoms with Crippen LogP contribution in [0.4, 0.5) is 10.7 Å². The van der Waals surface area contributed by atoms with Gasteiger partial charge in [0.2, 0.25) is 0 Å². The fourth-order valence-corrected chi connectivity index (χ4v) is 2.55. The molecular formula is C8H5ClN2O2S. The standard InChI is InChI=1S/C8H5ClN2O2S/c9-6-4-2-1-3-5(10)7(4)14-8(6)11(12)13/h1-3H,10H2. The van der Waals surface area contributed by atoms with Crippen molar-refractivity contribution in [1.82, 2.24) is 0 Å². The average molecular weight is 229 g/mol. The van der Waals surface area contributed by atoms with Crippen molar-refractivity contribution >= 4 is 43.7 Å². The lowest BCUT2D eigenvalue weighted by Gasteiger charge is -1.92. The Bertz CT molecular complexity index is 523. The topological polar surface area (TPSA) is 69.2 Å². The van der Waals surface area contributed by atoms with E-state index in [-0.39, 0.29) is 10.0 Å². The van der Waals surface area contributed by atoms with E-state index in [1.54, 1.807) is 18.2 Å². The Morgan fingerprint density at radius 1 is 1.50 bits per heavy atom. The second kappa shape index (κ2) is 3.11. The van der Waals surface area contributed by atoms with Crippen LogP contribution in [0, 0.1) is 10.1 Å². The molecule has 2 rings (SSSR count). The maximum absolute atomic E-state index is 10.6. The maximum Gasteiger partial charge on any atom is 0.343 e. The number of nitrogens with two attached hydrogens (primary N) is 1. The van der Waals surface area contributed by atoms with Gasteiger partial charge in [-0.05, 0) is 6.07 Å². The van der Waals surface area contributed by atoms with Gasteiger partial charge in [0.05, 0.1) is 9.62 Å². The first-order valence-corrected chi connectivity index (χ1v) is 4.91. The van der Waals surface area contributed by atoms with E-state index in [4.69, 9.17) is 17.3 Å². The summed E-state index contributed by atoms with van der Waals surface area (Å²) in [4.78, 5) is 10.1. The predicted octanol–water partition coefficient (Wildman–Crippen LogP) is 3.05. The minimum absolute atomic E-state index is 0.0560. The van der Waals surface area contributed by atoms with Gasteiger partial charge in [0.1, 0.15) is 5.02 Å². The number of anilines is 1. The third-order valence-electron chi connectivity index (χ3n) is 1.83. The van der Waals surface area contributed by atoms with Crippen molar-refractivity contribution in [2.75, 3.05) is 5.73 Å². The fraction of sp³-hybridized carbons (Fsp3) is 0. The molecule has 14 heavy (non-hydrogen) atoms. The number of hydrogen-bond acceptors (Lipinski definition) is 4. The van der Waals surface area contributed by atoms with E-state index in [1.807, 2.05) is 0 Å². The van der Waals surface area contributed by atoms with Crippen molar-refractivity contribution in [2.24, 2.45) is 0 Å². The third kappa shape index (κ3) is 1.21. The van der Waals surface area contributed by atoms with Crippen molar-refractivity contribution in [3.63, 3.8) is 0 Å². The Morgan fingerprint density at radius 2 is 2.21 bits per heavy atom. The molecule has 0 saturated carbocycles. The molecule has 1 aromatic heterocycles. The summed E-state index contributed by atoms with van der Waals surface area (Å²) in [5, 5.41) is 11.3. The zero-order valence-corrected chi connectivity index (χ0v) is 8.43. The van der Waals surface area contributed by atoms with Gasteiger partial charge in [-0.25, -0.2) is 0 Å². The first-order valence-electron chi connectivity index (χ1n) is 3.72. The van der Waals surface area contributed by atoms with Crippen LogP contribution < -0.4 is 5.73 Å². The monoisotopic (exact) mass is 228 g/mol. The molecule has 6 heteroatoms. The molecule has 72 valence electrons. The molecule has 0 aliphatic heterocycles. The first kappa shape index (κ1) is 9.23. The van der Waals surface area contributed by atoms with Gasteiger partial charge in [0, 0.05) is 11.1 Å². The molecule has 0 aliphatic rings. The Labute approximate surface area is 88.0 Å². The van der Waals surface area contributed by atoms with Gasteiger partial charge in [-0.3, -0.25) is 10.1 Å². The highest BCUT2D eigenvalue weighted by Crippen LogP contribution is 2.42. The van der Waals surface area contributed by atoms with Gasteiger partial charge in [0.15, 0.2) is 0 Å². The quantitative estimate of drug-likeness (QED) is 0.463. The van der Waals surface area contributed by atoms with Crippen LogP contribution in [-0.2, 0) is 0 Å². The second-order valence-corrected chi connectivity index (χ2v) is 4.08. The SMILES string of the molecule is Nc1cccc2c(Cl)c([N+](=O)[O-])sc12. The molecule has 0 spiro atoms. The third-order valence-corrected chi connectivity index (χ3v) is 3.54. The lowest BCUT2D eigenvalue weighted by Crippen LogP contribution is -1.82. The van der Waals surface area contributed by atoms with Gasteiger partial charge in [0.25, 0.3) is 0 Å². The van der Waals surface area contributed by atoms with E-state index in [1.165, 1.54) is 0 Å². The van der Waals surface area contributed by atoms with Crippen LogP contribution in [0.3, 0.4) is 0 Å². The van der Waals surface area contributed by atoms with Gasteiger partial charge in [-0.15, -0.1) is 0 Å². The Hall–Kier alpha value is -1.33. The van der Waals surface area contributed by atoms with Crippen molar-refractivity contribution in [3.8, 4) is 0 Å². The van der Waals surface area contributed by atoms with Crippen molar-refractivity contribution in [2.45, 2.75) is 0 Å². The predicted molar refractivity (Wildman–Crippen MR) is 57.9 cm³/mol. The first-order chi connectivity index (χ1) is 6.61. The number of nitro groups is 1. The minimum atomic E-state index is -0.494. The molecule has 0 radical (unpaired) electrons.